The number of carbonyl (C=O) groups is 1. The predicted octanol–water partition coefficient (Wildman–Crippen LogP) is 6.16. The van der Waals surface area contributed by atoms with Gasteiger partial charge in [-0.3, -0.25) is 9.88 Å². The second-order valence-electron chi connectivity index (χ2n) is 11.5. The summed E-state index contributed by atoms with van der Waals surface area (Å²) in [5.41, 5.74) is 2.47. The number of benzene rings is 2. The molecule has 0 bridgehead atoms. The number of methoxy groups -OCH3 is 1. The first-order valence-corrected chi connectivity index (χ1v) is 14.8. The lowest BCUT2D eigenvalue weighted by atomic mass is 9.87. The number of likely N-dealkylation sites (N-methyl/N-ethyl adjacent to an activating group) is 1. The van der Waals surface area contributed by atoms with Gasteiger partial charge >= 0.3 is 5.97 Å². The third-order valence-electron chi connectivity index (χ3n) is 8.93. The van der Waals surface area contributed by atoms with Crippen LogP contribution in [0.15, 0.2) is 53.4 Å². The Hall–Kier alpha value is -3.62. The van der Waals surface area contributed by atoms with Gasteiger partial charge in [-0.25, -0.2) is 4.79 Å². The molecule has 2 aromatic carbocycles. The summed E-state index contributed by atoms with van der Waals surface area (Å²) in [6.07, 6.45) is 12.6. The van der Waals surface area contributed by atoms with Gasteiger partial charge in [0.2, 0.25) is 0 Å². The highest BCUT2D eigenvalue weighted by Gasteiger charge is 2.33. The van der Waals surface area contributed by atoms with Crippen LogP contribution < -0.4 is 4.74 Å². The van der Waals surface area contributed by atoms with E-state index >= 15 is 0 Å². The van der Waals surface area contributed by atoms with Gasteiger partial charge in [-0.05, 0) is 55.3 Å². The van der Waals surface area contributed by atoms with Crippen LogP contribution in [0, 0.1) is 5.92 Å². The number of hydrogen-bond donors (Lipinski definition) is 1. The van der Waals surface area contributed by atoms with Gasteiger partial charge in [0.25, 0.3) is 0 Å². The maximum absolute atomic E-state index is 13.0. The van der Waals surface area contributed by atoms with Crippen molar-refractivity contribution in [3.8, 4) is 11.5 Å². The van der Waals surface area contributed by atoms with Gasteiger partial charge < -0.3 is 23.9 Å². The minimum absolute atomic E-state index is 0.123. The standard InChI is InChI=1S/C33H39N3O5/c1-35-15-17-36(18-16-35)30(23-10-13-34-14-11-23)29-28-27(33(38)39-2)21-41-32(28)25-9-8-24(20-26(25)31(29)37)40-19-12-22-6-4-3-5-7-22/h8-11,13-14,20-22,30,37H,3-7,12,15-19H2,1-2H3. The summed E-state index contributed by atoms with van der Waals surface area (Å²) in [7, 11) is 3.48. The number of phenolic OH excluding ortho intramolecular Hbond substituents is 1. The quantitative estimate of drug-likeness (QED) is 0.258. The van der Waals surface area contributed by atoms with Gasteiger partial charge in [0.05, 0.1) is 19.8 Å². The van der Waals surface area contributed by atoms with E-state index in [4.69, 9.17) is 13.9 Å². The Kier molecular flexibility index (Phi) is 8.12. The number of piperazine rings is 1. The average molecular weight is 558 g/mol. The van der Waals surface area contributed by atoms with Crippen LogP contribution >= 0.6 is 0 Å². The first-order valence-electron chi connectivity index (χ1n) is 14.8. The topological polar surface area (TPSA) is 88.3 Å². The van der Waals surface area contributed by atoms with Crippen molar-refractivity contribution in [1.82, 2.24) is 14.8 Å². The van der Waals surface area contributed by atoms with Crippen LogP contribution in [-0.2, 0) is 4.74 Å². The fourth-order valence-electron chi connectivity index (χ4n) is 6.63. The third-order valence-corrected chi connectivity index (χ3v) is 8.93. The number of esters is 1. The Morgan fingerprint density at radius 1 is 1.07 bits per heavy atom. The molecule has 6 rings (SSSR count). The molecule has 2 aliphatic rings. The minimum atomic E-state index is -0.502. The van der Waals surface area contributed by atoms with Gasteiger partial charge in [0, 0.05) is 60.3 Å². The third kappa shape index (κ3) is 5.51. The van der Waals surface area contributed by atoms with Crippen LogP contribution in [0.2, 0.25) is 0 Å². The Labute approximate surface area is 240 Å². The molecular formula is C33H39N3O5. The SMILES string of the molecule is COC(=O)c1coc2c1c(C(c1ccncc1)N1CCN(C)CC1)c(O)c1cc(OCCC3CCCCC3)ccc12. The molecule has 0 radical (unpaired) electrons. The van der Waals surface area contributed by atoms with Crippen molar-refractivity contribution in [2.75, 3.05) is 46.9 Å². The monoisotopic (exact) mass is 557 g/mol. The molecule has 3 heterocycles. The number of fused-ring (bicyclic) bond motifs is 3. The van der Waals surface area contributed by atoms with E-state index in [-0.39, 0.29) is 11.8 Å². The Morgan fingerprint density at radius 3 is 2.56 bits per heavy atom. The Bertz CT molecular complexity index is 1500. The zero-order valence-electron chi connectivity index (χ0n) is 24.0. The van der Waals surface area contributed by atoms with Crippen molar-refractivity contribution in [3.63, 3.8) is 0 Å². The summed E-state index contributed by atoms with van der Waals surface area (Å²) >= 11 is 0. The predicted molar refractivity (Wildman–Crippen MR) is 159 cm³/mol. The summed E-state index contributed by atoms with van der Waals surface area (Å²) in [6, 6.07) is 9.36. The zero-order valence-corrected chi connectivity index (χ0v) is 24.0. The average Bonchev–Trinajstić information content (AvgIpc) is 3.45. The van der Waals surface area contributed by atoms with Crippen molar-refractivity contribution in [1.29, 1.82) is 0 Å². The molecule has 2 fully saturated rings. The van der Waals surface area contributed by atoms with E-state index in [1.807, 2.05) is 30.3 Å². The summed E-state index contributed by atoms with van der Waals surface area (Å²) < 4.78 is 17.4. The molecular weight excluding hydrogens is 518 g/mol. The van der Waals surface area contributed by atoms with E-state index in [9.17, 15) is 9.90 Å². The lowest BCUT2D eigenvalue weighted by Crippen LogP contribution is -2.46. The van der Waals surface area contributed by atoms with Crippen LogP contribution in [0.4, 0.5) is 0 Å². The van der Waals surface area contributed by atoms with Crippen molar-refractivity contribution in [3.05, 3.63) is 65.7 Å². The van der Waals surface area contributed by atoms with E-state index in [0.717, 1.165) is 49.5 Å². The summed E-state index contributed by atoms with van der Waals surface area (Å²) in [4.78, 5) is 21.8. The van der Waals surface area contributed by atoms with Gasteiger partial charge in [-0.2, -0.15) is 0 Å². The molecule has 1 aliphatic heterocycles. The van der Waals surface area contributed by atoms with E-state index in [1.54, 1.807) is 12.4 Å². The first-order chi connectivity index (χ1) is 20.0. The summed E-state index contributed by atoms with van der Waals surface area (Å²) in [5, 5.41) is 14.1. The highest BCUT2D eigenvalue weighted by Crippen LogP contribution is 2.47. The minimum Gasteiger partial charge on any atom is -0.507 e. The largest absolute Gasteiger partial charge is 0.507 e. The number of aromatic nitrogens is 1. The zero-order chi connectivity index (χ0) is 28.3. The van der Waals surface area contributed by atoms with Crippen LogP contribution in [0.1, 0.15) is 66.1 Å². The molecule has 4 aromatic rings. The van der Waals surface area contributed by atoms with Crippen molar-refractivity contribution in [2.45, 2.75) is 44.6 Å². The Balaban J connectivity index is 1.48. The molecule has 1 aliphatic carbocycles. The molecule has 0 spiro atoms. The first kappa shape index (κ1) is 27.5. The number of hydrogen-bond acceptors (Lipinski definition) is 8. The van der Waals surface area contributed by atoms with Gasteiger partial charge in [-0.1, -0.05) is 32.1 Å². The molecule has 1 saturated heterocycles. The van der Waals surface area contributed by atoms with Crippen LogP contribution in [0.5, 0.6) is 11.5 Å². The molecule has 8 heteroatoms. The highest BCUT2D eigenvalue weighted by atomic mass is 16.5. The fourth-order valence-corrected chi connectivity index (χ4v) is 6.63. The van der Waals surface area contributed by atoms with Gasteiger partial charge in [-0.15, -0.1) is 0 Å². The summed E-state index contributed by atoms with van der Waals surface area (Å²) in [5.74, 6) is 1.07. The number of aromatic hydroxyl groups is 1. The second-order valence-corrected chi connectivity index (χ2v) is 11.5. The number of ether oxygens (including phenoxy) is 2. The van der Waals surface area contributed by atoms with E-state index in [2.05, 4.69) is 21.8 Å². The molecule has 1 unspecified atom stereocenters. The summed E-state index contributed by atoms with van der Waals surface area (Å²) in [6.45, 7) is 4.05. The number of pyridine rings is 1. The number of rotatable bonds is 8. The molecule has 8 nitrogen and oxygen atoms in total. The highest BCUT2D eigenvalue weighted by molar-refractivity contribution is 6.16. The Morgan fingerprint density at radius 2 is 1.83 bits per heavy atom. The fraction of sp³-hybridized carbons (Fsp3) is 0.455. The lowest BCUT2D eigenvalue weighted by Gasteiger charge is -2.39. The molecule has 41 heavy (non-hydrogen) atoms. The van der Waals surface area contributed by atoms with Crippen LogP contribution in [-0.4, -0.2) is 72.8 Å². The molecule has 216 valence electrons. The normalized spacial score (nSPS) is 18.1. The number of carbonyl (C=O) groups excluding carboxylic acids is 1. The molecule has 1 atom stereocenters. The van der Waals surface area contributed by atoms with Crippen LogP contribution in [0.25, 0.3) is 21.7 Å². The van der Waals surface area contributed by atoms with Gasteiger partial charge in [0.15, 0.2) is 0 Å². The van der Waals surface area contributed by atoms with Crippen LogP contribution in [0.3, 0.4) is 0 Å². The number of nitrogens with zero attached hydrogens (tertiary/aromatic N) is 3. The number of furan rings is 1. The van der Waals surface area contributed by atoms with E-state index in [1.165, 1.54) is 45.5 Å². The van der Waals surface area contributed by atoms with Crippen molar-refractivity contribution >= 4 is 27.7 Å². The maximum Gasteiger partial charge on any atom is 0.341 e. The van der Waals surface area contributed by atoms with Crippen molar-refractivity contribution < 1.29 is 23.8 Å². The smallest absolute Gasteiger partial charge is 0.341 e. The molecule has 1 N–H and O–H groups in total. The molecule has 1 saturated carbocycles. The molecule has 0 amide bonds. The van der Waals surface area contributed by atoms with E-state index in [0.29, 0.717) is 39.8 Å². The van der Waals surface area contributed by atoms with Gasteiger partial charge in [0.1, 0.15) is 28.9 Å². The second kappa shape index (κ2) is 12.1. The lowest BCUT2D eigenvalue weighted by molar-refractivity contribution is 0.0601. The van der Waals surface area contributed by atoms with E-state index < -0.39 is 5.97 Å². The molecule has 2 aromatic heterocycles. The van der Waals surface area contributed by atoms with Crippen molar-refractivity contribution in [2.24, 2.45) is 5.92 Å². The number of phenols is 1. The maximum atomic E-state index is 13.0.